The van der Waals surface area contributed by atoms with Gasteiger partial charge in [0, 0.05) is 7.11 Å². The molecule has 1 heterocycles. The summed E-state index contributed by atoms with van der Waals surface area (Å²) in [4.78, 5) is 0. The third-order valence-electron chi connectivity index (χ3n) is 3.53. The van der Waals surface area contributed by atoms with E-state index in [2.05, 4.69) is 44.3 Å². The first kappa shape index (κ1) is 14.8. The van der Waals surface area contributed by atoms with Gasteiger partial charge >= 0.3 is 0 Å². The summed E-state index contributed by atoms with van der Waals surface area (Å²) in [5.41, 5.74) is 3.84. The topological polar surface area (TPSA) is 34.4 Å². The average Bonchev–Trinajstić information content (AvgIpc) is 2.88. The molecule has 1 atom stereocenters. The molecule has 0 aliphatic carbocycles. The average molecular weight is 273 g/mol. The normalized spacial score (nSPS) is 12.6. The zero-order chi connectivity index (χ0) is 14.5. The minimum atomic E-state index is 0.0879. The number of ether oxygens (including phenoxy) is 1. The SMILES string of the molecule is CCNC(c1ccc(C)c(C)c1)c1ccc(COC)o1. The van der Waals surface area contributed by atoms with Crippen molar-refractivity contribution in [1.82, 2.24) is 5.32 Å². The van der Waals surface area contributed by atoms with E-state index in [0.717, 1.165) is 18.1 Å². The molecule has 1 N–H and O–H groups in total. The highest BCUT2D eigenvalue weighted by Crippen LogP contribution is 2.26. The van der Waals surface area contributed by atoms with Crippen molar-refractivity contribution in [3.63, 3.8) is 0 Å². The second-order valence-corrected chi connectivity index (χ2v) is 5.07. The predicted molar refractivity (Wildman–Crippen MR) is 80.9 cm³/mol. The van der Waals surface area contributed by atoms with Crippen molar-refractivity contribution in [1.29, 1.82) is 0 Å². The van der Waals surface area contributed by atoms with E-state index in [1.165, 1.54) is 16.7 Å². The second-order valence-electron chi connectivity index (χ2n) is 5.07. The Bertz CT molecular complexity index is 560. The van der Waals surface area contributed by atoms with Crippen molar-refractivity contribution in [3.8, 4) is 0 Å². The van der Waals surface area contributed by atoms with Gasteiger partial charge < -0.3 is 14.5 Å². The lowest BCUT2D eigenvalue weighted by Crippen LogP contribution is -2.21. The van der Waals surface area contributed by atoms with Crippen LogP contribution in [-0.2, 0) is 11.3 Å². The molecule has 20 heavy (non-hydrogen) atoms. The van der Waals surface area contributed by atoms with Crippen molar-refractivity contribution in [2.24, 2.45) is 0 Å². The van der Waals surface area contributed by atoms with Crippen LogP contribution in [-0.4, -0.2) is 13.7 Å². The van der Waals surface area contributed by atoms with E-state index in [-0.39, 0.29) is 6.04 Å². The number of methoxy groups -OCH3 is 1. The Morgan fingerprint density at radius 3 is 2.60 bits per heavy atom. The standard InChI is InChI=1S/C17H23NO2/c1-5-18-17(14-7-6-12(2)13(3)10-14)16-9-8-15(20-16)11-19-4/h6-10,17-18H,5,11H2,1-4H3. The molecule has 0 spiro atoms. The van der Waals surface area contributed by atoms with E-state index in [9.17, 15) is 0 Å². The fraction of sp³-hybridized carbons (Fsp3) is 0.412. The van der Waals surface area contributed by atoms with E-state index in [4.69, 9.17) is 9.15 Å². The molecule has 108 valence electrons. The number of nitrogens with one attached hydrogen (secondary N) is 1. The van der Waals surface area contributed by atoms with Crippen LogP contribution in [0.5, 0.6) is 0 Å². The first-order chi connectivity index (χ1) is 9.65. The van der Waals surface area contributed by atoms with Crippen LogP contribution in [0.2, 0.25) is 0 Å². The van der Waals surface area contributed by atoms with Gasteiger partial charge in [0.1, 0.15) is 18.1 Å². The molecule has 2 aromatic rings. The molecular weight excluding hydrogens is 250 g/mol. The van der Waals surface area contributed by atoms with E-state index in [1.54, 1.807) is 7.11 Å². The summed E-state index contributed by atoms with van der Waals surface area (Å²) in [6.07, 6.45) is 0. The van der Waals surface area contributed by atoms with Crippen molar-refractivity contribution >= 4 is 0 Å². The molecule has 1 aromatic carbocycles. The van der Waals surface area contributed by atoms with Crippen LogP contribution in [0.3, 0.4) is 0 Å². The fourth-order valence-corrected chi connectivity index (χ4v) is 2.30. The molecular formula is C17H23NO2. The van der Waals surface area contributed by atoms with Crippen LogP contribution in [0, 0.1) is 13.8 Å². The van der Waals surface area contributed by atoms with Gasteiger partial charge in [0.2, 0.25) is 0 Å². The Morgan fingerprint density at radius 2 is 1.95 bits per heavy atom. The molecule has 3 nitrogen and oxygen atoms in total. The minimum absolute atomic E-state index is 0.0879. The van der Waals surface area contributed by atoms with Gasteiger partial charge in [0.25, 0.3) is 0 Å². The zero-order valence-electron chi connectivity index (χ0n) is 12.7. The van der Waals surface area contributed by atoms with Crippen LogP contribution >= 0.6 is 0 Å². The first-order valence-electron chi connectivity index (χ1n) is 7.03. The molecule has 0 aliphatic heterocycles. The van der Waals surface area contributed by atoms with Crippen LogP contribution in [0.4, 0.5) is 0 Å². The summed E-state index contributed by atoms with van der Waals surface area (Å²) in [7, 11) is 1.67. The van der Waals surface area contributed by atoms with Crippen molar-refractivity contribution in [3.05, 3.63) is 58.5 Å². The summed E-state index contributed by atoms with van der Waals surface area (Å²) < 4.78 is 11.0. The first-order valence-corrected chi connectivity index (χ1v) is 7.03. The zero-order valence-corrected chi connectivity index (χ0v) is 12.7. The van der Waals surface area contributed by atoms with Crippen molar-refractivity contribution in [2.45, 2.75) is 33.4 Å². The molecule has 0 amide bonds. The molecule has 0 aliphatic rings. The lowest BCUT2D eigenvalue weighted by atomic mass is 9.99. The quantitative estimate of drug-likeness (QED) is 0.870. The van der Waals surface area contributed by atoms with E-state index in [1.807, 2.05) is 12.1 Å². The largest absolute Gasteiger partial charge is 0.462 e. The van der Waals surface area contributed by atoms with Crippen LogP contribution in [0.25, 0.3) is 0 Å². The third-order valence-corrected chi connectivity index (χ3v) is 3.53. The predicted octanol–water partition coefficient (Wildman–Crippen LogP) is 3.74. The van der Waals surface area contributed by atoms with Gasteiger partial charge in [-0.05, 0) is 49.2 Å². The maximum Gasteiger partial charge on any atom is 0.129 e. The van der Waals surface area contributed by atoms with E-state index in [0.29, 0.717) is 6.61 Å². The third kappa shape index (κ3) is 3.30. The van der Waals surface area contributed by atoms with Gasteiger partial charge in [0.15, 0.2) is 0 Å². The molecule has 2 rings (SSSR count). The number of aryl methyl sites for hydroxylation is 2. The fourth-order valence-electron chi connectivity index (χ4n) is 2.30. The molecule has 1 aromatic heterocycles. The maximum atomic E-state index is 5.88. The Kier molecular flexibility index (Phi) is 4.99. The lowest BCUT2D eigenvalue weighted by molar-refractivity contribution is 0.162. The Hall–Kier alpha value is -1.58. The van der Waals surface area contributed by atoms with Crippen LogP contribution in [0.1, 0.15) is 41.2 Å². The number of furan rings is 1. The highest BCUT2D eigenvalue weighted by Gasteiger charge is 2.17. The Morgan fingerprint density at radius 1 is 1.15 bits per heavy atom. The Labute approximate surface area is 121 Å². The Balaban J connectivity index is 2.31. The van der Waals surface area contributed by atoms with Crippen molar-refractivity contribution in [2.75, 3.05) is 13.7 Å². The second kappa shape index (κ2) is 6.73. The number of hydrogen-bond donors (Lipinski definition) is 1. The van der Waals surface area contributed by atoms with Gasteiger partial charge in [-0.25, -0.2) is 0 Å². The van der Waals surface area contributed by atoms with Gasteiger partial charge in [-0.3, -0.25) is 0 Å². The van der Waals surface area contributed by atoms with Gasteiger partial charge in [-0.2, -0.15) is 0 Å². The molecule has 0 bridgehead atoms. The molecule has 0 saturated heterocycles. The number of rotatable bonds is 6. The minimum Gasteiger partial charge on any atom is -0.462 e. The lowest BCUT2D eigenvalue weighted by Gasteiger charge is -2.17. The monoisotopic (exact) mass is 273 g/mol. The highest BCUT2D eigenvalue weighted by molar-refractivity contribution is 5.35. The molecule has 3 heteroatoms. The van der Waals surface area contributed by atoms with E-state index < -0.39 is 0 Å². The molecule has 1 unspecified atom stereocenters. The summed E-state index contributed by atoms with van der Waals surface area (Å²) >= 11 is 0. The summed E-state index contributed by atoms with van der Waals surface area (Å²) in [6.45, 7) is 7.77. The van der Waals surface area contributed by atoms with Crippen LogP contribution in [0.15, 0.2) is 34.7 Å². The number of hydrogen-bond acceptors (Lipinski definition) is 3. The molecule has 0 fully saturated rings. The smallest absolute Gasteiger partial charge is 0.129 e. The van der Waals surface area contributed by atoms with Gasteiger partial charge in [0.05, 0.1) is 6.04 Å². The van der Waals surface area contributed by atoms with Gasteiger partial charge in [-0.15, -0.1) is 0 Å². The van der Waals surface area contributed by atoms with Gasteiger partial charge in [-0.1, -0.05) is 25.1 Å². The number of benzene rings is 1. The summed E-state index contributed by atoms with van der Waals surface area (Å²) in [5.74, 6) is 1.79. The van der Waals surface area contributed by atoms with E-state index >= 15 is 0 Å². The molecule has 0 radical (unpaired) electrons. The molecule has 0 saturated carbocycles. The summed E-state index contributed by atoms with van der Waals surface area (Å²) in [6, 6.07) is 10.6. The maximum absolute atomic E-state index is 5.88. The summed E-state index contributed by atoms with van der Waals surface area (Å²) in [5, 5.41) is 3.48. The van der Waals surface area contributed by atoms with Crippen molar-refractivity contribution < 1.29 is 9.15 Å². The van der Waals surface area contributed by atoms with Crippen LogP contribution < -0.4 is 5.32 Å². The highest BCUT2D eigenvalue weighted by atomic mass is 16.5.